The van der Waals surface area contributed by atoms with Crippen molar-refractivity contribution in [2.24, 2.45) is 5.73 Å². The second kappa shape index (κ2) is 10.6. The lowest BCUT2D eigenvalue weighted by Crippen LogP contribution is -2.32. The third kappa shape index (κ3) is 7.44. The summed E-state index contributed by atoms with van der Waals surface area (Å²) in [5.74, 6) is 0.211. The molecule has 0 aliphatic rings. The van der Waals surface area contributed by atoms with Gasteiger partial charge < -0.3 is 5.73 Å². The lowest BCUT2D eigenvalue weighted by atomic mass is 9.99. The van der Waals surface area contributed by atoms with Crippen LogP contribution in [0.25, 0.3) is 0 Å². The fourth-order valence-electron chi connectivity index (χ4n) is 2.42. The van der Waals surface area contributed by atoms with Crippen LogP contribution in [-0.4, -0.2) is 11.8 Å². The van der Waals surface area contributed by atoms with Crippen molar-refractivity contribution in [3.63, 3.8) is 0 Å². The Morgan fingerprint density at radius 1 is 1.00 bits per heavy atom. The Balaban J connectivity index is 2.10. The lowest BCUT2D eigenvalue weighted by Gasteiger charge is -2.10. The standard InChI is InChI=1S/C18H29NO/c1-2-3-4-5-6-7-11-14-18(20)17(19)15-16-12-9-8-10-13-16/h8-10,12-13,17H,2-7,11,14-15,19H2,1H3/t17-/m0/s1. The van der Waals surface area contributed by atoms with Crippen molar-refractivity contribution >= 4 is 5.78 Å². The molecule has 20 heavy (non-hydrogen) atoms. The van der Waals surface area contributed by atoms with Gasteiger partial charge in [-0.15, -0.1) is 0 Å². The highest BCUT2D eigenvalue weighted by atomic mass is 16.1. The summed E-state index contributed by atoms with van der Waals surface area (Å²) in [6.45, 7) is 2.23. The van der Waals surface area contributed by atoms with Crippen molar-refractivity contribution in [2.75, 3.05) is 0 Å². The first-order chi connectivity index (χ1) is 9.74. The van der Waals surface area contributed by atoms with E-state index in [4.69, 9.17) is 5.73 Å². The van der Waals surface area contributed by atoms with Gasteiger partial charge in [-0.25, -0.2) is 0 Å². The maximum atomic E-state index is 12.0. The summed E-state index contributed by atoms with van der Waals surface area (Å²) in [5, 5.41) is 0. The first kappa shape index (κ1) is 16.9. The van der Waals surface area contributed by atoms with Crippen molar-refractivity contribution in [1.29, 1.82) is 0 Å². The van der Waals surface area contributed by atoms with Crippen LogP contribution >= 0.6 is 0 Å². The highest BCUT2D eigenvalue weighted by Gasteiger charge is 2.13. The van der Waals surface area contributed by atoms with Gasteiger partial charge in [0.05, 0.1) is 6.04 Å². The normalized spacial score (nSPS) is 12.3. The Bertz CT molecular complexity index is 361. The van der Waals surface area contributed by atoms with Crippen LogP contribution in [0.2, 0.25) is 0 Å². The van der Waals surface area contributed by atoms with E-state index in [2.05, 4.69) is 6.92 Å². The molecule has 1 aromatic rings. The minimum atomic E-state index is -0.336. The molecule has 112 valence electrons. The number of carbonyl (C=O) groups is 1. The molecule has 0 aromatic heterocycles. The number of hydrogen-bond donors (Lipinski definition) is 1. The smallest absolute Gasteiger partial charge is 0.149 e. The van der Waals surface area contributed by atoms with Gasteiger partial charge >= 0.3 is 0 Å². The third-order valence-corrected chi connectivity index (χ3v) is 3.74. The number of benzene rings is 1. The summed E-state index contributed by atoms with van der Waals surface area (Å²) in [6, 6.07) is 9.68. The number of hydrogen-bond acceptors (Lipinski definition) is 2. The van der Waals surface area contributed by atoms with Gasteiger partial charge in [0.15, 0.2) is 0 Å². The van der Waals surface area contributed by atoms with Crippen molar-refractivity contribution in [3.05, 3.63) is 35.9 Å². The molecule has 2 heteroatoms. The fourth-order valence-corrected chi connectivity index (χ4v) is 2.42. The van der Waals surface area contributed by atoms with E-state index in [1.54, 1.807) is 0 Å². The lowest BCUT2D eigenvalue weighted by molar-refractivity contribution is -0.120. The molecule has 0 saturated heterocycles. The number of ketones is 1. The molecule has 0 aliphatic heterocycles. The predicted molar refractivity (Wildman–Crippen MR) is 85.7 cm³/mol. The third-order valence-electron chi connectivity index (χ3n) is 3.74. The minimum absolute atomic E-state index is 0.211. The molecule has 1 aromatic carbocycles. The van der Waals surface area contributed by atoms with Crippen LogP contribution in [0.3, 0.4) is 0 Å². The monoisotopic (exact) mass is 275 g/mol. The molecule has 0 fully saturated rings. The fraction of sp³-hybridized carbons (Fsp3) is 0.611. The van der Waals surface area contributed by atoms with Crippen molar-refractivity contribution < 1.29 is 4.79 Å². The molecule has 0 amide bonds. The average Bonchev–Trinajstić information content (AvgIpc) is 2.47. The van der Waals surface area contributed by atoms with E-state index in [1.165, 1.54) is 32.1 Å². The van der Waals surface area contributed by atoms with Crippen molar-refractivity contribution in [1.82, 2.24) is 0 Å². The van der Waals surface area contributed by atoms with Crippen LogP contribution < -0.4 is 5.73 Å². The Morgan fingerprint density at radius 2 is 1.60 bits per heavy atom. The van der Waals surface area contributed by atoms with Gasteiger partial charge in [0.25, 0.3) is 0 Å². The summed E-state index contributed by atoms with van der Waals surface area (Å²) < 4.78 is 0. The number of nitrogens with two attached hydrogens (primary N) is 1. The maximum absolute atomic E-state index is 12.0. The molecule has 0 aliphatic carbocycles. The molecule has 2 nitrogen and oxygen atoms in total. The second-order valence-electron chi connectivity index (χ2n) is 5.63. The van der Waals surface area contributed by atoms with E-state index in [0.717, 1.165) is 18.4 Å². The molecule has 1 atom stereocenters. The van der Waals surface area contributed by atoms with Gasteiger partial charge in [0.2, 0.25) is 0 Å². The summed E-state index contributed by atoms with van der Waals surface area (Å²) in [7, 11) is 0. The molecule has 2 N–H and O–H groups in total. The molecular formula is C18H29NO. The highest BCUT2D eigenvalue weighted by Crippen LogP contribution is 2.10. The summed E-state index contributed by atoms with van der Waals surface area (Å²) in [6.07, 6.45) is 9.96. The van der Waals surface area contributed by atoms with E-state index in [-0.39, 0.29) is 11.8 Å². The Morgan fingerprint density at radius 3 is 2.25 bits per heavy atom. The largest absolute Gasteiger partial charge is 0.321 e. The van der Waals surface area contributed by atoms with E-state index in [1.807, 2.05) is 30.3 Å². The van der Waals surface area contributed by atoms with E-state index < -0.39 is 0 Å². The van der Waals surface area contributed by atoms with Crippen molar-refractivity contribution in [3.8, 4) is 0 Å². The minimum Gasteiger partial charge on any atom is -0.321 e. The molecule has 0 saturated carbocycles. The van der Waals surface area contributed by atoms with E-state index >= 15 is 0 Å². The van der Waals surface area contributed by atoms with Crippen LogP contribution in [0.4, 0.5) is 0 Å². The number of rotatable bonds is 11. The first-order valence-corrected chi connectivity index (χ1v) is 8.06. The zero-order chi connectivity index (χ0) is 14.6. The predicted octanol–water partition coefficient (Wildman–Crippen LogP) is 4.27. The van der Waals surface area contributed by atoms with E-state index in [9.17, 15) is 4.79 Å². The topological polar surface area (TPSA) is 43.1 Å². The summed E-state index contributed by atoms with van der Waals surface area (Å²) in [4.78, 5) is 12.0. The molecule has 1 rings (SSSR count). The Labute approximate surface area is 123 Å². The van der Waals surface area contributed by atoms with Gasteiger partial charge in [-0.05, 0) is 18.4 Å². The number of carbonyl (C=O) groups excluding carboxylic acids is 1. The number of Topliss-reactive ketones (excluding diaryl/α,β-unsaturated/α-hetero) is 1. The van der Waals surface area contributed by atoms with Gasteiger partial charge in [0.1, 0.15) is 5.78 Å². The van der Waals surface area contributed by atoms with Gasteiger partial charge in [-0.2, -0.15) is 0 Å². The quantitative estimate of drug-likeness (QED) is 0.613. The van der Waals surface area contributed by atoms with Crippen LogP contribution in [0.1, 0.15) is 63.9 Å². The maximum Gasteiger partial charge on any atom is 0.149 e. The van der Waals surface area contributed by atoms with Crippen molar-refractivity contribution in [2.45, 2.75) is 70.8 Å². The average molecular weight is 275 g/mol. The molecular weight excluding hydrogens is 246 g/mol. The molecule has 0 bridgehead atoms. The SMILES string of the molecule is CCCCCCCCCC(=O)[C@@H](N)Cc1ccccc1. The molecule has 0 radical (unpaired) electrons. The van der Waals surface area contributed by atoms with Crippen LogP contribution in [0, 0.1) is 0 Å². The van der Waals surface area contributed by atoms with Gasteiger partial charge in [0, 0.05) is 6.42 Å². The zero-order valence-electron chi connectivity index (χ0n) is 12.8. The molecule has 0 unspecified atom stereocenters. The highest BCUT2D eigenvalue weighted by molar-refractivity contribution is 5.84. The van der Waals surface area contributed by atoms with Crippen LogP contribution in [0.15, 0.2) is 30.3 Å². The Hall–Kier alpha value is -1.15. The number of unbranched alkanes of at least 4 members (excludes halogenated alkanes) is 6. The summed E-state index contributed by atoms with van der Waals surface area (Å²) >= 11 is 0. The molecule has 0 spiro atoms. The summed E-state index contributed by atoms with van der Waals surface area (Å²) in [5.41, 5.74) is 7.13. The van der Waals surface area contributed by atoms with Gasteiger partial charge in [-0.3, -0.25) is 4.79 Å². The van der Waals surface area contributed by atoms with Crippen LogP contribution in [-0.2, 0) is 11.2 Å². The first-order valence-electron chi connectivity index (χ1n) is 8.06. The second-order valence-corrected chi connectivity index (χ2v) is 5.63. The zero-order valence-corrected chi connectivity index (χ0v) is 12.8. The van der Waals surface area contributed by atoms with E-state index in [0.29, 0.717) is 12.8 Å². The Kier molecular flexibility index (Phi) is 8.97. The van der Waals surface area contributed by atoms with Gasteiger partial charge in [-0.1, -0.05) is 75.8 Å². The molecule has 0 heterocycles. The van der Waals surface area contributed by atoms with Crippen LogP contribution in [0.5, 0.6) is 0 Å².